The molecule has 0 aliphatic carbocycles. The summed E-state index contributed by atoms with van der Waals surface area (Å²) in [5.74, 6) is 1.96. The predicted octanol–water partition coefficient (Wildman–Crippen LogP) is 3.37. The molecule has 0 unspecified atom stereocenters. The summed E-state index contributed by atoms with van der Waals surface area (Å²) >= 11 is 3.49. The normalized spacial score (nSPS) is 16.6. The van der Waals surface area contributed by atoms with Crippen molar-refractivity contribution < 1.29 is 0 Å². The number of aromatic nitrogens is 1. The Kier molecular flexibility index (Phi) is 5.64. The molecule has 0 spiro atoms. The van der Waals surface area contributed by atoms with E-state index in [-0.39, 0.29) is 0 Å². The summed E-state index contributed by atoms with van der Waals surface area (Å²) in [7, 11) is 0. The van der Waals surface area contributed by atoms with Crippen molar-refractivity contribution in [3.63, 3.8) is 0 Å². The Morgan fingerprint density at radius 3 is 2.79 bits per heavy atom. The molecule has 0 atom stereocenters. The fourth-order valence-electron chi connectivity index (χ4n) is 2.79. The largest absolute Gasteiger partial charge is 0.356 e. The van der Waals surface area contributed by atoms with Crippen molar-refractivity contribution in [2.45, 2.75) is 33.1 Å². The first-order chi connectivity index (χ1) is 9.20. The Hall–Kier alpha value is -0.610. The standard InChI is InChI=1S/C15H24BrN3/c1-3-8-19(11-13-4-6-17-7-5-13)15-12(2)9-14(16)10-18-15/h9-10,13,17H,3-8,11H2,1-2H3. The van der Waals surface area contributed by atoms with Crippen LogP contribution in [-0.2, 0) is 0 Å². The van der Waals surface area contributed by atoms with Gasteiger partial charge in [0.2, 0.25) is 0 Å². The van der Waals surface area contributed by atoms with Crippen molar-refractivity contribution in [2.75, 3.05) is 31.1 Å². The minimum absolute atomic E-state index is 0.803. The third-order valence-electron chi connectivity index (χ3n) is 3.75. The minimum Gasteiger partial charge on any atom is -0.356 e. The molecule has 1 aliphatic rings. The van der Waals surface area contributed by atoms with Gasteiger partial charge in [0.05, 0.1) is 0 Å². The second-order valence-electron chi connectivity index (χ2n) is 5.43. The molecule has 0 bridgehead atoms. The number of hydrogen-bond acceptors (Lipinski definition) is 3. The number of nitrogens with zero attached hydrogens (tertiary/aromatic N) is 2. The van der Waals surface area contributed by atoms with E-state index in [1.807, 2.05) is 6.20 Å². The van der Waals surface area contributed by atoms with Crippen molar-refractivity contribution in [1.29, 1.82) is 0 Å². The molecule has 106 valence electrons. The average molecular weight is 326 g/mol. The molecule has 2 heterocycles. The first-order valence-corrected chi connectivity index (χ1v) is 8.07. The zero-order chi connectivity index (χ0) is 13.7. The summed E-state index contributed by atoms with van der Waals surface area (Å²) < 4.78 is 1.06. The van der Waals surface area contributed by atoms with Gasteiger partial charge >= 0.3 is 0 Å². The van der Waals surface area contributed by atoms with E-state index in [1.165, 1.54) is 24.8 Å². The highest BCUT2D eigenvalue weighted by atomic mass is 79.9. The van der Waals surface area contributed by atoms with Crippen LogP contribution in [0.2, 0.25) is 0 Å². The Morgan fingerprint density at radius 2 is 2.16 bits per heavy atom. The van der Waals surface area contributed by atoms with E-state index in [0.717, 1.165) is 42.4 Å². The molecule has 1 aromatic heterocycles. The summed E-state index contributed by atoms with van der Waals surface area (Å²) in [5.41, 5.74) is 1.26. The summed E-state index contributed by atoms with van der Waals surface area (Å²) in [6.45, 7) is 8.96. The van der Waals surface area contributed by atoms with E-state index in [1.54, 1.807) is 0 Å². The maximum Gasteiger partial charge on any atom is 0.131 e. The number of pyridine rings is 1. The number of nitrogens with one attached hydrogen (secondary N) is 1. The second-order valence-corrected chi connectivity index (χ2v) is 6.35. The molecule has 1 aliphatic heterocycles. The van der Waals surface area contributed by atoms with Gasteiger partial charge in [0.15, 0.2) is 0 Å². The highest BCUT2D eigenvalue weighted by molar-refractivity contribution is 9.10. The smallest absolute Gasteiger partial charge is 0.131 e. The van der Waals surface area contributed by atoms with Crippen molar-refractivity contribution in [3.05, 3.63) is 22.3 Å². The van der Waals surface area contributed by atoms with E-state index in [4.69, 9.17) is 0 Å². The molecule has 0 aromatic carbocycles. The van der Waals surface area contributed by atoms with Gasteiger partial charge in [0.25, 0.3) is 0 Å². The number of hydrogen-bond donors (Lipinski definition) is 1. The average Bonchev–Trinajstić information content (AvgIpc) is 2.39. The van der Waals surface area contributed by atoms with Gasteiger partial charge in [-0.1, -0.05) is 6.92 Å². The van der Waals surface area contributed by atoms with Gasteiger partial charge in [-0.3, -0.25) is 0 Å². The van der Waals surface area contributed by atoms with Crippen LogP contribution in [0, 0.1) is 12.8 Å². The van der Waals surface area contributed by atoms with Gasteiger partial charge in [-0.05, 0) is 72.8 Å². The number of piperidine rings is 1. The molecule has 3 nitrogen and oxygen atoms in total. The molecule has 1 fully saturated rings. The highest BCUT2D eigenvalue weighted by Crippen LogP contribution is 2.23. The van der Waals surface area contributed by atoms with Crippen LogP contribution in [0.5, 0.6) is 0 Å². The lowest BCUT2D eigenvalue weighted by Gasteiger charge is -2.31. The van der Waals surface area contributed by atoms with E-state index < -0.39 is 0 Å². The molecule has 0 saturated carbocycles. The molecule has 0 amide bonds. The monoisotopic (exact) mass is 325 g/mol. The Morgan fingerprint density at radius 1 is 1.42 bits per heavy atom. The number of rotatable bonds is 5. The lowest BCUT2D eigenvalue weighted by molar-refractivity contribution is 0.372. The van der Waals surface area contributed by atoms with Gasteiger partial charge in [-0.2, -0.15) is 0 Å². The molecule has 1 saturated heterocycles. The van der Waals surface area contributed by atoms with Crippen LogP contribution in [0.15, 0.2) is 16.7 Å². The van der Waals surface area contributed by atoms with Gasteiger partial charge in [0, 0.05) is 23.8 Å². The lowest BCUT2D eigenvalue weighted by atomic mass is 9.97. The molecule has 2 rings (SSSR count). The molecule has 1 aromatic rings. The first-order valence-electron chi connectivity index (χ1n) is 7.28. The van der Waals surface area contributed by atoms with Gasteiger partial charge in [-0.15, -0.1) is 0 Å². The summed E-state index contributed by atoms with van der Waals surface area (Å²) in [5, 5.41) is 3.44. The quantitative estimate of drug-likeness (QED) is 0.899. The van der Waals surface area contributed by atoms with Crippen molar-refractivity contribution in [2.24, 2.45) is 5.92 Å². The third-order valence-corrected chi connectivity index (χ3v) is 4.18. The summed E-state index contributed by atoms with van der Waals surface area (Å²) in [6.07, 6.45) is 5.65. The third kappa shape index (κ3) is 4.18. The van der Waals surface area contributed by atoms with E-state index in [2.05, 4.69) is 51.0 Å². The van der Waals surface area contributed by atoms with Gasteiger partial charge in [0.1, 0.15) is 5.82 Å². The van der Waals surface area contributed by atoms with Crippen LogP contribution in [0.25, 0.3) is 0 Å². The van der Waals surface area contributed by atoms with Crippen LogP contribution in [0.3, 0.4) is 0 Å². The first kappa shape index (κ1) is 14.8. The Labute approximate surface area is 124 Å². The van der Waals surface area contributed by atoms with E-state index in [0.29, 0.717) is 0 Å². The Bertz CT molecular complexity index is 402. The van der Waals surface area contributed by atoms with Crippen LogP contribution in [0.1, 0.15) is 31.7 Å². The molecule has 19 heavy (non-hydrogen) atoms. The minimum atomic E-state index is 0.803. The zero-order valence-electron chi connectivity index (χ0n) is 12.0. The van der Waals surface area contributed by atoms with Crippen molar-refractivity contribution >= 4 is 21.7 Å². The predicted molar refractivity (Wildman–Crippen MR) is 84.8 cm³/mol. The second kappa shape index (κ2) is 7.25. The summed E-state index contributed by atoms with van der Waals surface area (Å²) in [4.78, 5) is 7.10. The van der Waals surface area contributed by atoms with Crippen LogP contribution in [0.4, 0.5) is 5.82 Å². The molecular formula is C15H24BrN3. The molecule has 1 N–H and O–H groups in total. The SMILES string of the molecule is CCCN(CC1CCNCC1)c1ncc(Br)cc1C. The van der Waals surface area contributed by atoms with E-state index >= 15 is 0 Å². The van der Waals surface area contributed by atoms with Gasteiger partial charge in [-0.25, -0.2) is 4.98 Å². The van der Waals surface area contributed by atoms with Crippen LogP contribution < -0.4 is 10.2 Å². The molecule has 4 heteroatoms. The zero-order valence-corrected chi connectivity index (χ0v) is 13.5. The topological polar surface area (TPSA) is 28.2 Å². The van der Waals surface area contributed by atoms with Crippen molar-refractivity contribution in [3.8, 4) is 0 Å². The Balaban J connectivity index is 2.09. The number of anilines is 1. The molecular weight excluding hydrogens is 302 g/mol. The van der Waals surface area contributed by atoms with Crippen molar-refractivity contribution in [1.82, 2.24) is 10.3 Å². The van der Waals surface area contributed by atoms with Gasteiger partial charge < -0.3 is 10.2 Å². The lowest BCUT2D eigenvalue weighted by Crippen LogP contribution is -2.37. The maximum absolute atomic E-state index is 4.63. The fraction of sp³-hybridized carbons (Fsp3) is 0.667. The maximum atomic E-state index is 4.63. The summed E-state index contributed by atoms with van der Waals surface area (Å²) in [6, 6.07) is 2.16. The van der Waals surface area contributed by atoms with E-state index in [9.17, 15) is 0 Å². The van der Waals surface area contributed by atoms with Crippen LogP contribution >= 0.6 is 15.9 Å². The fourth-order valence-corrected chi connectivity index (χ4v) is 3.24. The number of aryl methyl sites for hydroxylation is 1. The highest BCUT2D eigenvalue weighted by Gasteiger charge is 2.18. The van der Waals surface area contributed by atoms with Crippen LogP contribution in [-0.4, -0.2) is 31.2 Å². The number of halogens is 1. The molecule has 0 radical (unpaired) electrons.